The van der Waals surface area contributed by atoms with Gasteiger partial charge in [0.15, 0.2) is 0 Å². The monoisotopic (exact) mass is 383 g/mol. The first-order valence-corrected chi connectivity index (χ1v) is 6.30. The zero-order valence-corrected chi connectivity index (χ0v) is 13.5. The third-order valence-electron chi connectivity index (χ3n) is 2.31. The summed E-state index contributed by atoms with van der Waals surface area (Å²) < 4.78 is 0. The van der Waals surface area contributed by atoms with Crippen LogP contribution in [-0.4, -0.2) is 72.1 Å². The van der Waals surface area contributed by atoms with Gasteiger partial charge in [-0.2, -0.15) is 0 Å². The minimum Gasteiger partial charge on any atom is -0.548 e. The topological polar surface area (TPSA) is 179 Å². The maximum absolute atomic E-state index is 10.2. The third-order valence-corrected chi connectivity index (χ3v) is 2.31. The molecule has 0 amide bonds. The quantitative estimate of drug-likeness (QED) is 0.210. The molecule has 0 bridgehead atoms. The Morgan fingerprint density at radius 2 is 1.17 bits per heavy atom. The summed E-state index contributed by atoms with van der Waals surface area (Å²) in [7, 11) is 0. The van der Waals surface area contributed by atoms with Crippen molar-refractivity contribution < 1.29 is 56.7 Å². The zero-order chi connectivity index (χ0) is 17.7. The normalized spacial score (nSPS) is 14.8. The average molecular weight is 384 g/mol. The molecular weight excluding hydrogens is 364 g/mol. The molecule has 4 atom stereocenters. The number of aliphatic hydroxyl groups is 2. The van der Waals surface area contributed by atoms with Crippen molar-refractivity contribution in [2.75, 3.05) is 13.1 Å². The SMILES string of the molecule is C[C@@H](O)[C@H](NCC=O)C(=O)[O-].C[C@@H](O)[C@H](NCC=O)C(=O)[O-].[Cu+2]. The fourth-order valence-electron chi connectivity index (χ4n) is 1.25. The van der Waals surface area contributed by atoms with Gasteiger partial charge in [0.05, 0.1) is 49.3 Å². The molecule has 11 heteroatoms. The smallest absolute Gasteiger partial charge is 0.548 e. The van der Waals surface area contributed by atoms with Crippen LogP contribution in [0.2, 0.25) is 0 Å². The average Bonchev–Trinajstić information content (AvgIpc) is 2.38. The molecule has 0 rings (SSSR count). The molecule has 137 valence electrons. The molecule has 4 N–H and O–H groups in total. The fourth-order valence-corrected chi connectivity index (χ4v) is 1.25. The van der Waals surface area contributed by atoms with E-state index in [-0.39, 0.29) is 30.2 Å². The van der Waals surface area contributed by atoms with Crippen molar-refractivity contribution in [3.8, 4) is 0 Å². The molecule has 0 aliphatic heterocycles. The van der Waals surface area contributed by atoms with Crippen LogP contribution in [-0.2, 0) is 36.2 Å². The molecular formula is C12H20CuN2O8. The molecule has 0 aliphatic rings. The number of carbonyl (C=O) groups excluding carboxylic acids is 4. The van der Waals surface area contributed by atoms with E-state index in [0.29, 0.717) is 12.6 Å². The maximum Gasteiger partial charge on any atom is 2.00 e. The molecule has 1 radical (unpaired) electrons. The minimum absolute atomic E-state index is 0. The number of nitrogens with one attached hydrogen (secondary N) is 2. The van der Waals surface area contributed by atoms with Gasteiger partial charge in [-0.15, -0.1) is 0 Å². The number of carboxylic acids is 2. The maximum atomic E-state index is 10.2. The van der Waals surface area contributed by atoms with E-state index in [1.807, 2.05) is 0 Å². The number of hydrogen-bond acceptors (Lipinski definition) is 10. The van der Waals surface area contributed by atoms with Crippen LogP contribution in [0.3, 0.4) is 0 Å². The molecule has 0 spiro atoms. The van der Waals surface area contributed by atoms with Gasteiger partial charge in [0.1, 0.15) is 12.6 Å². The first kappa shape index (κ1) is 26.5. The second-order valence-electron chi connectivity index (χ2n) is 4.22. The summed E-state index contributed by atoms with van der Waals surface area (Å²) in [5, 5.41) is 42.6. The van der Waals surface area contributed by atoms with E-state index in [0.717, 1.165) is 0 Å². The Kier molecular flexibility index (Phi) is 17.9. The predicted octanol–water partition coefficient (Wildman–Crippen LogP) is -5.45. The zero-order valence-electron chi connectivity index (χ0n) is 12.5. The second-order valence-corrected chi connectivity index (χ2v) is 4.22. The van der Waals surface area contributed by atoms with Gasteiger partial charge in [0.25, 0.3) is 0 Å². The summed E-state index contributed by atoms with van der Waals surface area (Å²) in [6, 6.07) is -2.36. The van der Waals surface area contributed by atoms with E-state index >= 15 is 0 Å². The van der Waals surface area contributed by atoms with Gasteiger partial charge < -0.3 is 50.2 Å². The third kappa shape index (κ3) is 14.0. The van der Waals surface area contributed by atoms with Crippen LogP contribution in [0.4, 0.5) is 0 Å². The van der Waals surface area contributed by atoms with E-state index in [9.17, 15) is 29.4 Å². The van der Waals surface area contributed by atoms with E-state index in [1.54, 1.807) is 0 Å². The number of carboxylic acid groups (broad SMARTS) is 2. The molecule has 10 nitrogen and oxygen atoms in total. The number of aldehydes is 2. The van der Waals surface area contributed by atoms with E-state index < -0.39 is 36.2 Å². The molecule has 0 aromatic carbocycles. The second kappa shape index (κ2) is 15.5. The summed E-state index contributed by atoms with van der Waals surface area (Å²) in [6.07, 6.45) is -1.11. The van der Waals surface area contributed by atoms with Crippen LogP contribution in [0.1, 0.15) is 13.8 Å². The molecule has 0 fully saturated rings. The van der Waals surface area contributed by atoms with Crippen molar-refractivity contribution >= 4 is 24.5 Å². The Morgan fingerprint density at radius 1 is 0.913 bits per heavy atom. The standard InChI is InChI=1S/2C6H11NO4.Cu/c2*1-4(9)5(6(10)11)7-2-3-8;/h2*3-5,7,9H,2H2,1H3,(H,10,11);/q;;+2/p-2/t2*4-,5+;/m11./s1. The summed E-state index contributed by atoms with van der Waals surface area (Å²) >= 11 is 0. The largest absolute Gasteiger partial charge is 2.00 e. The van der Waals surface area contributed by atoms with Crippen molar-refractivity contribution in [2.45, 2.75) is 38.1 Å². The van der Waals surface area contributed by atoms with Gasteiger partial charge >= 0.3 is 17.1 Å². The first-order valence-electron chi connectivity index (χ1n) is 6.30. The molecule has 0 aromatic rings. The van der Waals surface area contributed by atoms with Crippen LogP contribution in [0.25, 0.3) is 0 Å². The molecule has 0 saturated carbocycles. The van der Waals surface area contributed by atoms with Gasteiger partial charge in [0.2, 0.25) is 0 Å². The molecule has 0 heterocycles. The predicted molar refractivity (Wildman–Crippen MR) is 69.1 cm³/mol. The van der Waals surface area contributed by atoms with Crippen LogP contribution in [0.15, 0.2) is 0 Å². The molecule has 0 unspecified atom stereocenters. The summed E-state index contributed by atoms with van der Waals surface area (Å²) in [5.41, 5.74) is 0. The minimum atomic E-state index is -1.41. The van der Waals surface area contributed by atoms with Crippen molar-refractivity contribution in [1.82, 2.24) is 10.6 Å². The number of carbonyl (C=O) groups is 4. The van der Waals surface area contributed by atoms with Crippen LogP contribution in [0, 0.1) is 0 Å². The van der Waals surface area contributed by atoms with E-state index in [1.165, 1.54) is 13.8 Å². The summed E-state index contributed by atoms with van der Waals surface area (Å²) in [6.45, 7) is 2.39. The number of hydrogen-bond donors (Lipinski definition) is 4. The fraction of sp³-hybridized carbons (Fsp3) is 0.667. The number of aliphatic hydroxyl groups excluding tert-OH is 2. The molecule has 23 heavy (non-hydrogen) atoms. The summed E-state index contributed by atoms with van der Waals surface area (Å²) in [4.78, 5) is 40.0. The molecule has 0 saturated heterocycles. The van der Waals surface area contributed by atoms with Crippen molar-refractivity contribution in [3.63, 3.8) is 0 Å². The number of rotatable bonds is 10. The molecule has 0 aliphatic carbocycles. The van der Waals surface area contributed by atoms with Crippen LogP contribution < -0.4 is 20.8 Å². The van der Waals surface area contributed by atoms with Gasteiger partial charge in [0, 0.05) is 0 Å². The number of aliphatic carboxylic acids is 2. The van der Waals surface area contributed by atoms with Gasteiger partial charge in [-0.3, -0.25) is 0 Å². The Morgan fingerprint density at radius 3 is 1.30 bits per heavy atom. The Hall–Kier alpha value is -1.36. The van der Waals surface area contributed by atoms with Gasteiger partial charge in [-0.25, -0.2) is 0 Å². The van der Waals surface area contributed by atoms with Crippen LogP contribution in [0.5, 0.6) is 0 Å². The Balaban J connectivity index is -0.000000333. The first-order chi connectivity index (χ1) is 10.2. The summed E-state index contributed by atoms with van der Waals surface area (Å²) in [5.74, 6) is -2.83. The Bertz CT molecular complexity index is 331. The van der Waals surface area contributed by atoms with E-state index in [2.05, 4.69) is 10.6 Å². The van der Waals surface area contributed by atoms with Crippen molar-refractivity contribution in [2.24, 2.45) is 0 Å². The van der Waals surface area contributed by atoms with Gasteiger partial charge in [-0.1, -0.05) is 0 Å². The van der Waals surface area contributed by atoms with Crippen molar-refractivity contribution in [3.05, 3.63) is 0 Å². The van der Waals surface area contributed by atoms with Crippen LogP contribution >= 0.6 is 0 Å². The van der Waals surface area contributed by atoms with Crippen molar-refractivity contribution in [1.29, 1.82) is 0 Å². The Labute approximate surface area is 143 Å². The van der Waals surface area contributed by atoms with E-state index in [4.69, 9.17) is 10.2 Å². The van der Waals surface area contributed by atoms with Gasteiger partial charge in [-0.05, 0) is 13.8 Å². The molecule has 0 aromatic heterocycles.